The van der Waals surface area contributed by atoms with Crippen molar-refractivity contribution in [2.24, 2.45) is 0 Å². The van der Waals surface area contributed by atoms with E-state index in [4.69, 9.17) is 14.2 Å². The highest BCUT2D eigenvalue weighted by Gasteiger charge is 2.39. The van der Waals surface area contributed by atoms with Gasteiger partial charge in [0.25, 0.3) is 0 Å². The minimum atomic E-state index is -0.285. The molecule has 0 saturated heterocycles. The first-order valence-electron chi connectivity index (χ1n) is 11.2. The SMILES string of the molecule is CCC1(OC(=O)COc2ccc([S+]3c4ccccc4Oc4ccccc43)cc2)CCCC1. The molecule has 5 rings (SSSR count). The fraction of sp³-hybridized carbons (Fsp3) is 0.296. The van der Waals surface area contributed by atoms with Gasteiger partial charge in [-0.2, -0.15) is 0 Å². The third-order valence-corrected chi connectivity index (χ3v) is 8.56. The van der Waals surface area contributed by atoms with E-state index in [2.05, 4.69) is 31.2 Å². The Hall–Kier alpha value is -2.92. The predicted octanol–water partition coefficient (Wildman–Crippen LogP) is 6.53. The second kappa shape index (κ2) is 8.91. The Labute approximate surface area is 191 Å². The van der Waals surface area contributed by atoms with Crippen molar-refractivity contribution in [2.75, 3.05) is 6.61 Å². The van der Waals surface area contributed by atoms with E-state index in [9.17, 15) is 4.79 Å². The van der Waals surface area contributed by atoms with Crippen molar-refractivity contribution in [1.82, 2.24) is 0 Å². The Balaban J connectivity index is 1.31. The maximum Gasteiger partial charge on any atom is 0.344 e. The molecule has 1 heterocycles. The molecule has 1 saturated carbocycles. The van der Waals surface area contributed by atoms with E-state index in [0.29, 0.717) is 5.75 Å². The standard InChI is InChI=1S/C27H27O4S/c1-2-27(17-7-8-18-27)31-26(28)19-29-20-13-15-21(16-14-20)32-24-11-5-3-9-22(24)30-23-10-4-6-12-25(23)32/h3-6,9-16H,2,7-8,17-19H2,1H3/q+1. The first kappa shape index (κ1) is 21.0. The van der Waals surface area contributed by atoms with Gasteiger partial charge in [0.15, 0.2) is 23.0 Å². The number of hydrogen-bond donors (Lipinski definition) is 0. The largest absolute Gasteiger partial charge is 0.482 e. The van der Waals surface area contributed by atoms with Gasteiger partial charge in [0.05, 0.1) is 0 Å². The van der Waals surface area contributed by atoms with Crippen LogP contribution in [0.25, 0.3) is 0 Å². The summed E-state index contributed by atoms with van der Waals surface area (Å²) in [6.45, 7) is 2.03. The fourth-order valence-corrected chi connectivity index (χ4v) is 6.73. The van der Waals surface area contributed by atoms with Crippen LogP contribution in [0.15, 0.2) is 87.5 Å². The maximum absolute atomic E-state index is 12.4. The van der Waals surface area contributed by atoms with Gasteiger partial charge in [-0.15, -0.1) is 0 Å². The smallest absolute Gasteiger partial charge is 0.344 e. The van der Waals surface area contributed by atoms with Crippen molar-refractivity contribution in [3.8, 4) is 17.2 Å². The van der Waals surface area contributed by atoms with E-state index in [-0.39, 0.29) is 29.1 Å². The molecule has 4 nitrogen and oxygen atoms in total. The van der Waals surface area contributed by atoms with Gasteiger partial charge < -0.3 is 14.2 Å². The Morgan fingerprint density at radius 3 is 2.09 bits per heavy atom. The first-order chi connectivity index (χ1) is 15.7. The lowest BCUT2D eigenvalue weighted by atomic mass is 9.99. The Morgan fingerprint density at radius 2 is 1.50 bits per heavy atom. The number of esters is 1. The average molecular weight is 448 g/mol. The average Bonchev–Trinajstić information content (AvgIpc) is 3.30. The van der Waals surface area contributed by atoms with E-state index in [1.54, 1.807) is 0 Å². The van der Waals surface area contributed by atoms with Crippen molar-refractivity contribution in [1.29, 1.82) is 0 Å². The monoisotopic (exact) mass is 447 g/mol. The molecule has 1 fully saturated rings. The van der Waals surface area contributed by atoms with Crippen LogP contribution in [-0.4, -0.2) is 18.2 Å². The molecular formula is C27H27O4S+. The lowest BCUT2D eigenvalue weighted by Crippen LogP contribution is -2.33. The van der Waals surface area contributed by atoms with E-state index in [1.807, 2.05) is 48.5 Å². The van der Waals surface area contributed by atoms with Gasteiger partial charge >= 0.3 is 5.97 Å². The molecule has 0 spiro atoms. The summed E-state index contributed by atoms with van der Waals surface area (Å²) >= 11 is 0. The van der Waals surface area contributed by atoms with Gasteiger partial charge in [-0.25, -0.2) is 4.79 Å². The zero-order chi connectivity index (χ0) is 22.0. The molecule has 0 unspecified atom stereocenters. The van der Waals surface area contributed by atoms with Crippen LogP contribution in [-0.2, 0) is 20.4 Å². The van der Waals surface area contributed by atoms with Crippen LogP contribution < -0.4 is 9.47 Å². The zero-order valence-corrected chi connectivity index (χ0v) is 19.0. The molecule has 1 aliphatic carbocycles. The lowest BCUT2D eigenvalue weighted by molar-refractivity contribution is -0.162. The number of rotatable bonds is 6. The molecule has 0 atom stereocenters. The quantitative estimate of drug-likeness (QED) is 0.249. The number of para-hydroxylation sites is 2. The van der Waals surface area contributed by atoms with Crippen molar-refractivity contribution in [2.45, 2.75) is 59.3 Å². The predicted molar refractivity (Wildman–Crippen MR) is 125 cm³/mol. The van der Waals surface area contributed by atoms with Crippen molar-refractivity contribution < 1.29 is 19.0 Å². The topological polar surface area (TPSA) is 44.8 Å². The zero-order valence-electron chi connectivity index (χ0n) is 18.2. The summed E-state index contributed by atoms with van der Waals surface area (Å²) in [6.07, 6.45) is 5.03. The summed E-state index contributed by atoms with van der Waals surface area (Å²) in [5.41, 5.74) is -0.282. The molecule has 1 aliphatic heterocycles. The molecule has 32 heavy (non-hydrogen) atoms. The van der Waals surface area contributed by atoms with Gasteiger partial charge in [-0.1, -0.05) is 31.2 Å². The van der Waals surface area contributed by atoms with Crippen molar-refractivity contribution >= 4 is 16.9 Å². The highest BCUT2D eigenvalue weighted by Crippen LogP contribution is 2.46. The molecule has 164 valence electrons. The van der Waals surface area contributed by atoms with Crippen LogP contribution in [0.1, 0.15) is 39.0 Å². The van der Waals surface area contributed by atoms with Crippen molar-refractivity contribution in [3.63, 3.8) is 0 Å². The van der Waals surface area contributed by atoms with Crippen LogP contribution in [0.3, 0.4) is 0 Å². The summed E-state index contributed by atoms with van der Waals surface area (Å²) in [5, 5.41) is 0. The molecule has 0 aromatic heterocycles. The molecule has 0 bridgehead atoms. The minimum Gasteiger partial charge on any atom is -0.482 e. The summed E-state index contributed by atoms with van der Waals surface area (Å²) in [7, 11) is -0.261. The summed E-state index contributed by atoms with van der Waals surface area (Å²) < 4.78 is 17.7. The molecule has 3 aromatic rings. The Morgan fingerprint density at radius 1 is 0.906 bits per heavy atom. The summed E-state index contributed by atoms with van der Waals surface area (Å²) in [4.78, 5) is 15.9. The molecule has 2 aliphatic rings. The van der Waals surface area contributed by atoms with E-state index in [0.717, 1.165) is 43.6 Å². The van der Waals surface area contributed by atoms with Crippen LogP contribution in [0, 0.1) is 0 Å². The van der Waals surface area contributed by atoms with Gasteiger partial charge in [0.2, 0.25) is 9.79 Å². The third-order valence-electron chi connectivity index (χ3n) is 6.26. The number of ether oxygens (including phenoxy) is 3. The molecule has 0 amide bonds. The van der Waals surface area contributed by atoms with Gasteiger partial charge in [-0.3, -0.25) is 0 Å². The molecule has 0 N–H and O–H groups in total. The van der Waals surface area contributed by atoms with E-state index < -0.39 is 0 Å². The third kappa shape index (κ3) is 4.09. The molecule has 5 heteroatoms. The minimum absolute atomic E-state index is 0.0632. The second-order valence-corrected chi connectivity index (χ2v) is 10.2. The summed E-state index contributed by atoms with van der Waals surface area (Å²) in [5.74, 6) is 2.18. The Bertz CT molecular complexity index is 1060. The van der Waals surface area contributed by atoms with Crippen molar-refractivity contribution in [3.05, 3.63) is 72.8 Å². The van der Waals surface area contributed by atoms with Crippen LogP contribution in [0.4, 0.5) is 0 Å². The second-order valence-electron chi connectivity index (χ2n) is 8.28. The Kier molecular flexibility index (Phi) is 5.83. The number of fused-ring (bicyclic) bond motifs is 2. The fourth-order valence-electron chi connectivity index (χ4n) is 4.53. The normalized spacial score (nSPS) is 16.5. The van der Waals surface area contributed by atoms with Crippen LogP contribution in [0.5, 0.6) is 17.2 Å². The molecular weight excluding hydrogens is 420 g/mol. The highest BCUT2D eigenvalue weighted by molar-refractivity contribution is 7.97. The summed E-state index contributed by atoms with van der Waals surface area (Å²) in [6, 6.07) is 24.4. The number of carbonyl (C=O) groups excluding carboxylic acids is 1. The number of carbonyl (C=O) groups is 1. The number of benzene rings is 3. The van der Waals surface area contributed by atoms with Gasteiger partial charge in [0, 0.05) is 0 Å². The van der Waals surface area contributed by atoms with Gasteiger partial charge in [0.1, 0.15) is 22.2 Å². The first-order valence-corrected chi connectivity index (χ1v) is 12.4. The molecule has 0 radical (unpaired) electrons. The lowest BCUT2D eigenvalue weighted by Gasteiger charge is -2.27. The highest BCUT2D eigenvalue weighted by atomic mass is 32.2. The van der Waals surface area contributed by atoms with E-state index >= 15 is 0 Å². The van der Waals surface area contributed by atoms with Crippen LogP contribution in [0.2, 0.25) is 0 Å². The molecule has 3 aromatic carbocycles. The van der Waals surface area contributed by atoms with E-state index in [1.165, 1.54) is 14.7 Å². The number of hydrogen-bond acceptors (Lipinski definition) is 4. The van der Waals surface area contributed by atoms with Crippen LogP contribution >= 0.6 is 0 Å². The maximum atomic E-state index is 12.4. The van der Waals surface area contributed by atoms with Gasteiger partial charge in [-0.05, 0) is 80.6 Å².